The van der Waals surface area contributed by atoms with E-state index in [-0.39, 0.29) is 23.8 Å². The molecule has 2 fully saturated rings. The Bertz CT molecular complexity index is 676. The fourth-order valence-corrected chi connectivity index (χ4v) is 3.90. The number of tetrazole rings is 1. The predicted octanol–water partition coefficient (Wildman–Crippen LogP) is 1.68. The molecule has 0 saturated carbocycles. The van der Waals surface area contributed by atoms with Gasteiger partial charge in [0, 0.05) is 13.2 Å². The number of nitrogens with zero attached hydrogens (tertiary/aromatic N) is 4. The van der Waals surface area contributed by atoms with E-state index >= 15 is 0 Å². The summed E-state index contributed by atoms with van der Waals surface area (Å²) in [5.74, 6) is 0.817. The first kappa shape index (κ1) is 15.3. The maximum absolute atomic E-state index is 13.2. The Morgan fingerprint density at radius 2 is 2.12 bits per heavy atom. The minimum atomic E-state index is -0.145. The van der Waals surface area contributed by atoms with Crippen molar-refractivity contribution in [1.82, 2.24) is 25.5 Å². The van der Waals surface area contributed by atoms with Gasteiger partial charge in [-0.05, 0) is 30.7 Å². The molecule has 0 spiro atoms. The van der Waals surface area contributed by atoms with Gasteiger partial charge in [-0.3, -0.25) is 4.79 Å². The topological polar surface area (TPSA) is 84.0 Å². The van der Waals surface area contributed by atoms with Crippen molar-refractivity contribution in [2.75, 3.05) is 19.8 Å². The number of aromatic amines is 1. The summed E-state index contributed by atoms with van der Waals surface area (Å²) < 4.78 is 5.64. The van der Waals surface area contributed by atoms with Gasteiger partial charge in [0.15, 0.2) is 5.82 Å². The van der Waals surface area contributed by atoms with E-state index in [9.17, 15) is 4.79 Å². The number of carbonyl (C=O) groups excluding carboxylic acids is 1. The number of ether oxygens (including phenoxy) is 1. The highest BCUT2D eigenvalue weighted by Crippen LogP contribution is 2.37. The van der Waals surface area contributed by atoms with Crippen LogP contribution in [0.5, 0.6) is 0 Å². The SMILES string of the molecule is O=C([C@@H]1COCC[C@@H]1c1ccccc1)N1CCCC1c1nn[nH]n1. The summed E-state index contributed by atoms with van der Waals surface area (Å²) in [6, 6.07) is 10.2. The number of amides is 1. The molecule has 1 amide bonds. The highest BCUT2D eigenvalue weighted by molar-refractivity contribution is 5.81. The van der Waals surface area contributed by atoms with Gasteiger partial charge in [0.25, 0.3) is 0 Å². The average Bonchev–Trinajstić information content (AvgIpc) is 3.33. The lowest BCUT2D eigenvalue weighted by Gasteiger charge is -2.35. The van der Waals surface area contributed by atoms with Crippen LogP contribution in [0.25, 0.3) is 0 Å². The van der Waals surface area contributed by atoms with Crippen LogP contribution >= 0.6 is 0 Å². The monoisotopic (exact) mass is 327 g/mol. The van der Waals surface area contributed by atoms with Crippen LogP contribution in [0.15, 0.2) is 30.3 Å². The van der Waals surface area contributed by atoms with Gasteiger partial charge in [0.1, 0.15) is 0 Å². The standard InChI is InChI=1S/C17H21N5O2/c23-17(22-9-4-7-15(22)16-18-20-21-19-16)14-11-24-10-8-13(14)12-5-2-1-3-6-12/h1-3,5-6,13-15H,4,7-11H2,(H,18,19,20,21)/t13-,14-,15?/m1/s1. The number of hydrogen-bond acceptors (Lipinski definition) is 5. The summed E-state index contributed by atoms with van der Waals surface area (Å²) in [6.07, 6.45) is 2.73. The van der Waals surface area contributed by atoms with Gasteiger partial charge >= 0.3 is 0 Å². The van der Waals surface area contributed by atoms with E-state index in [0.29, 0.717) is 19.0 Å². The lowest BCUT2D eigenvalue weighted by atomic mass is 9.81. The second-order valence-electron chi connectivity index (χ2n) is 6.45. The minimum Gasteiger partial charge on any atom is -0.381 e. The van der Waals surface area contributed by atoms with Crippen LogP contribution in [0, 0.1) is 5.92 Å². The van der Waals surface area contributed by atoms with Gasteiger partial charge in [-0.15, -0.1) is 10.2 Å². The molecule has 2 aromatic rings. The average molecular weight is 327 g/mol. The predicted molar refractivity (Wildman–Crippen MR) is 86.0 cm³/mol. The number of benzene rings is 1. The fourth-order valence-electron chi connectivity index (χ4n) is 3.90. The summed E-state index contributed by atoms with van der Waals surface area (Å²) in [5.41, 5.74) is 1.22. The molecule has 3 heterocycles. The van der Waals surface area contributed by atoms with Gasteiger partial charge in [-0.1, -0.05) is 35.5 Å². The molecule has 3 atom stereocenters. The number of rotatable bonds is 3. The van der Waals surface area contributed by atoms with E-state index in [1.54, 1.807) is 0 Å². The van der Waals surface area contributed by atoms with E-state index in [2.05, 4.69) is 32.8 Å². The third kappa shape index (κ3) is 2.80. The lowest BCUT2D eigenvalue weighted by molar-refractivity contribution is -0.142. The van der Waals surface area contributed by atoms with Crippen LogP contribution in [0.1, 0.15) is 42.6 Å². The number of carbonyl (C=O) groups is 1. The first-order valence-corrected chi connectivity index (χ1v) is 8.51. The van der Waals surface area contributed by atoms with Crippen LogP contribution in [0.2, 0.25) is 0 Å². The van der Waals surface area contributed by atoms with E-state index in [0.717, 1.165) is 25.8 Å². The molecule has 126 valence electrons. The summed E-state index contributed by atoms with van der Waals surface area (Å²) in [6.45, 7) is 1.93. The Hall–Kier alpha value is -2.28. The van der Waals surface area contributed by atoms with Crippen LogP contribution in [0.4, 0.5) is 0 Å². The van der Waals surface area contributed by atoms with Crippen molar-refractivity contribution in [3.05, 3.63) is 41.7 Å². The Labute approximate surface area is 140 Å². The largest absolute Gasteiger partial charge is 0.381 e. The zero-order chi connectivity index (χ0) is 16.4. The molecule has 2 aliphatic rings. The third-order valence-corrected chi connectivity index (χ3v) is 5.10. The Balaban J connectivity index is 1.57. The molecule has 2 saturated heterocycles. The Kier molecular flexibility index (Phi) is 4.25. The molecule has 24 heavy (non-hydrogen) atoms. The van der Waals surface area contributed by atoms with E-state index in [4.69, 9.17) is 4.74 Å². The van der Waals surface area contributed by atoms with Crippen LogP contribution < -0.4 is 0 Å². The third-order valence-electron chi connectivity index (χ3n) is 5.10. The van der Waals surface area contributed by atoms with E-state index in [1.165, 1.54) is 5.56 Å². The fraction of sp³-hybridized carbons (Fsp3) is 0.529. The minimum absolute atomic E-state index is 0.0744. The molecule has 7 nitrogen and oxygen atoms in total. The molecule has 2 aliphatic heterocycles. The maximum Gasteiger partial charge on any atom is 0.229 e. The smallest absolute Gasteiger partial charge is 0.229 e. The molecule has 1 aromatic carbocycles. The number of hydrogen-bond donors (Lipinski definition) is 1. The number of likely N-dealkylation sites (tertiary alicyclic amines) is 1. The summed E-state index contributed by atoms with van der Waals surface area (Å²) in [5, 5.41) is 14.3. The highest BCUT2D eigenvalue weighted by Gasteiger charge is 2.40. The molecule has 7 heteroatoms. The van der Waals surface area contributed by atoms with Crippen LogP contribution in [0.3, 0.4) is 0 Å². The molecular formula is C17H21N5O2. The van der Waals surface area contributed by atoms with Gasteiger partial charge in [-0.2, -0.15) is 5.21 Å². The van der Waals surface area contributed by atoms with E-state index in [1.807, 2.05) is 23.1 Å². The van der Waals surface area contributed by atoms with Crippen molar-refractivity contribution in [2.45, 2.75) is 31.2 Å². The van der Waals surface area contributed by atoms with Crippen molar-refractivity contribution < 1.29 is 9.53 Å². The van der Waals surface area contributed by atoms with Gasteiger partial charge in [0.2, 0.25) is 5.91 Å². The van der Waals surface area contributed by atoms with Crippen LogP contribution in [-0.4, -0.2) is 51.2 Å². The van der Waals surface area contributed by atoms with Crippen molar-refractivity contribution >= 4 is 5.91 Å². The molecular weight excluding hydrogens is 306 g/mol. The van der Waals surface area contributed by atoms with Crippen molar-refractivity contribution in [2.24, 2.45) is 5.92 Å². The molecule has 1 aromatic heterocycles. The highest BCUT2D eigenvalue weighted by atomic mass is 16.5. The number of nitrogens with one attached hydrogen (secondary N) is 1. The van der Waals surface area contributed by atoms with Crippen molar-refractivity contribution in [3.8, 4) is 0 Å². The quantitative estimate of drug-likeness (QED) is 0.927. The Morgan fingerprint density at radius 1 is 1.25 bits per heavy atom. The van der Waals surface area contributed by atoms with Crippen molar-refractivity contribution in [3.63, 3.8) is 0 Å². The second-order valence-corrected chi connectivity index (χ2v) is 6.45. The van der Waals surface area contributed by atoms with E-state index < -0.39 is 0 Å². The molecule has 0 aliphatic carbocycles. The summed E-state index contributed by atoms with van der Waals surface area (Å²) in [7, 11) is 0. The van der Waals surface area contributed by atoms with Gasteiger partial charge in [0.05, 0.1) is 18.6 Å². The molecule has 1 unspecified atom stereocenters. The Morgan fingerprint density at radius 3 is 2.92 bits per heavy atom. The number of aromatic nitrogens is 4. The number of H-pyrrole nitrogens is 1. The molecule has 1 N–H and O–H groups in total. The lowest BCUT2D eigenvalue weighted by Crippen LogP contribution is -2.42. The normalized spacial score (nSPS) is 27.3. The molecule has 4 rings (SSSR count). The molecule has 0 bridgehead atoms. The first-order chi connectivity index (χ1) is 11.8. The maximum atomic E-state index is 13.2. The summed E-state index contributed by atoms with van der Waals surface area (Å²) in [4.78, 5) is 15.2. The molecule has 0 radical (unpaired) electrons. The summed E-state index contributed by atoms with van der Waals surface area (Å²) >= 11 is 0. The second kappa shape index (κ2) is 6.68. The van der Waals surface area contributed by atoms with Crippen LogP contribution in [-0.2, 0) is 9.53 Å². The zero-order valence-corrected chi connectivity index (χ0v) is 13.5. The van der Waals surface area contributed by atoms with Crippen molar-refractivity contribution in [1.29, 1.82) is 0 Å². The van der Waals surface area contributed by atoms with Gasteiger partial charge in [-0.25, -0.2) is 0 Å². The zero-order valence-electron chi connectivity index (χ0n) is 13.5. The van der Waals surface area contributed by atoms with Gasteiger partial charge < -0.3 is 9.64 Å². The first-order valence-electron chi connectivity index (χ1n) is 8.51.